The molecule has 35 heavy (non-hydrogen) atoms. The lowest BCUT2D eigenvalue weighted by atomic mass is 10.1. The Balaban J connectivity index is 2.90. The molecule has 1 rings (SSSR count). The molecular weight excluding hydrogens is 464 g/mol. The van der Waals surface area contributed by atoms with E-state index in [0.717, 1.165) is 0 Å². The summed E-state index contributed by atoms with van der Waals surface area (Å²) in [6.45, 7) is 1.67. The first kappa shape index (κ1) is 29.5. The van der Waals surface area contributed by atoms with Gasteiger partial charge in [-0.05, 0) is 26.3 Å². The number of nitrogens with one attached hydrogen (secondary N) is 4. The van der Waals surface area contributed by atoms with Crippen molar-refractivity contribution in [2.75, 3.05) is 6.54 Å². The molecule has 0 aliphatic carbocycles. The third-order valence-corrected chi connectivity index (χ3v) is 5.00. The van der Waals surface area contributed by atoms with Crippen molar-refractivity contribution in [1.82, 2.24) is 25.9 Å². The molecule has 0 bridgehead atoms. The number of hydrogen-bond donors (Lipinski definition) is 9. The van der Waals surface area contributed by atoms with Crippen molar-refractivity contribution in [2.24, 2.45) is 17.2 Å². The number of amides is 4. The van der Waals surface area contributed by atoms with Gasteiger partial charge in [0.05, 0.1) is 24.9 Å². The molecule has 0 radical (unpaired) electrons. The van der Waals surface area contributed by atoms with E-state index in [-0.39, 0.29) is 6.42 Å². The average molecular weight is 499 g/mol. The SMILES string of the molecule is CC(O)C(NC(=O)C(N)CCCCN)C(=O)NC(CC(N)=O)C(=O)NC(Cc1cnc[nH]1)C(=O)O. The Kier molecular flexibility index (Phi) is 12.3. The molecule has 15 heteroatoms. The number of H-pyrrole nitrogens is 1. The standard InChI is InChI=1S/C20H34N8O7/c1-10(29)16(28-17(31)12(22)4-2-3-5-21)19(33)26-13(7-15(23)30)18(32)27-14(20(34)35)6-11-8-24-9-25-11/h8-10,12-14,16,29H,2-7,21-22H2,1H3,(H2,23,30)(H,24,25)(H,26,33)(H,27,32)(H,28,31)(H,34,35). The van der Waals surface area contributed by atoms with Gasteiger partial charge in [-0.25, -0.2) is 9.78 Å². The smallest absolute Gasteiger partial charge is 0.326 e. The Morgan fingerprint density at radius 3 is 2.23 bits per heavy atom. The van der Waals surface area contributed by atoms with Gasteiger partial charge >= 0.3 is 5.97 Å². The predicted octanol–water partition coefficient (Wildman–Crippen LogP) is -3.80. The van der Waals surface area contributed by atoms with Crippen LogP contribution in [-0.4, -0.2) is 86.6 Å². The number of hydrogen-bond acceptors (Lipinski definition) is 9. The molecule has 0 aliphatic heterocycles. The fourth-order valence-corrected chi connectivity index (χ4v) is 3.07. The van der Waals surface area contributed by atoms with E-state index in [4.69, 9.17) is 17.2 Å². The highest BCUT2D eigenvalue weighted by Gasteiger charge is 2.33. The van der Waals surface area contributed by atoms with E-state index in [1.165, 1.54) is 19.4 Å². The summed E-state index contributed by atoms with van der Waals surface area (Å²) in [6.07, 6.45) is 2.06. The molecule has 0 spiro atoms. The lowest BCUT2D eigenvalue weighted by molar-refractivity contribution is -0.142. The molecule has 15 nitrogen and oxygen atoms in total. The Morgan fingerprint density at radius 1 is 1.06 bits per heavy atom. The number of rotatable bonds is 16. The van der Waals surface area contributed by atoms with Crippen LogP contribution in [0.2, 0.25) is 0 Å². The average Bonchev–Trinajstić information content (AvgIpc) is 3.28. The van der Waals surface area contributed by atoms with Crippen LogP contribution in [0.4, 0.5) is 0 Å². The normalized spacial score (nSPS) is 15.2. The van der Waals surface area contributed by atoms with Crippen LogP contribution in [0.25, 0.3) is 0 Å². The third-order valence-electron chi connectivity index (χ3n) is 5.00. The van der Waals surface area contributed by atoms with E-state index in [1.54, 1.807) is 0 Å². The minimum absolute atomic E-state index is 0.146. The zero-order valence-corrected chi connectivity index (χ0v) is 19.4. The summed E-state index contributed by atoms with van der Waals surface area (Å²) in [5.74, 6) is -5.02. The Hall–Kier alpha value is -3.56. The molecule has 1 heterocycles. The van der Waals surface area contributed by atoms with Crippen molar-refractivity contribution in [3.63, 3.8) is 0 Å². The van der Waals surface area contributed by atoms with Crippen LogP contribution in [-0.2, 0) is 30.4 Å². The number of nitrogens with two attached hydrogens (primary N) is 3. The van der Waals surface area contributed by atoms with Gasteiger partial charge in [-0.1, -0.05) is 6.42 Å². The highest BCUT2D eigenvalue weighted by molar-refractivity contribution is 5.96. The lowest BCUT2D eigenvalue weighted by Crippen LogP contribution is -2.60. The number of aliphatic hydroxyl groups excluding tert-OH is 1. The topological polar surface area (TPSA) is 269 Å². The van der Waals surface area contributed by atoms with Crippen molar-refractivity contribution >= 4 is 29.6 Å². The van der Waals surface area contributed by atoms with E-state index >= 15 is 0 Å². The van der Waals surface area contributed by atoms with Crippen LogP contribution >= 0.6 is 0 Å². The molecule has 0 saturated heterocycles. The first-order valence-corrected chi connectivity index (χ1v) is 11.0. The third kappa shape index (κ3) is 10.5. The Morgan fingerprint density at radius 2 is 1.71 bits per heavy atom. The van der Waals surface area contributed by atoms with Gasteiger partial charge < -0.3 is 48.3 Å². The van der Waals surface area contributed by atoms with Gasteiger partial charge in [-0.15, -0.1) is 0 Å². The number of nitrogens with zero attached hydrogens (tertiary/aromatic N) is 1. The van der Waals surface area contributed by atoms with Gasteiger partial charge in [0.1, 0.15) is 18.1 Å². The molecule has 4 amide bonds. The summed E-state index contributed by atoms with van der Waals surface area (Å²) in [5, 5.41) is 26.2. The number of aromatic amines is 1. The maximum Gasteiger partial charge on any atom is 0.326 e. The molecular formula is C20H34N8O7. The molecule has 0 saturated carbocycles. The number of imidazole rings is 1. The number of carbonyl (C=O) groups excluding carboxylic acids is 4. The Labute approximate surface area is 201 Å². The van der Waals surface area contributed by atoms with Crippen LogP contribution in [0, 0.1) is 0 Å². The van der Waals surface area contributed by atoms with E-state index in [2.05, 4.69) is 25.9 Å². The fraction of sp³-hybridized carbons (Fsp3) is 0.600. The van der Waals surface area contributed by atoms with Gasteiger partial charge in [0, 0.05) is 18.3 Å². The number of aromatic nitrogens is 2. The highest BCUT2D eigenvalue weighted by Crippen LogP contribution is 2.04. The van der Waals surface area contributed by atoms with Crippen LogP contribution in [0.5, 0.6) is 0 Å². The lowest BCUT2D eigenvalue weighted by Gasteiger charge is -2.26. The van der Waals surface area contributed by atoms with Crippen molar-refractivity contribution in [2.45, 2.75) is 69.3 Å². The quantitative estimate of drug-likeness (QED) is 0.100. The van der Waals surface area contributed by atoms with E-state index in [9.17, 15) is 34.2 Å². The largest absolute Gasteiger partial charge is 0.480 e. The van der Waals surface area contributed by atoms with Gasteiger partial charge in [0.2, 0.25) is 23.6 Å². The number of carboxylic acids is 1. The van der Waals surface area contributed by atoms with Crippen LogP contribution in [0.3, 0.4) is 0 Å². The maximum atomic E-state index is 12.8. The molecule has 12 N–H and O–H groups in total. The molecule has 5 atom stereocenters. The maximum absolute atomic E-state index is 12.8. The zero-order valence-electron chi connectivity index (χ0n) is 19.4. The Bertz CT molecular complexity index is 862. The first-order valence-electron chi connectivity index (χ1n) is 11.0. The van der Waals surface area contributed by atoms with Crippen LogP contribution in [0.15, 0.2) is 12.5 Å². The first-order chi connectivity index (χ1) is 16.5. The van der Waals surface area contributed by atoms with Crippen LogP contribution in [0.1, 0.15) is 38.3 Å². The highest BCUT2D eigenvalue weighted by atomic mass is 16.4. The predicted molar refractivity (Wildman–Crippen MR) is 122 cm³/mol. The molecule has 196 valence electrons. The minimum atomic E-state index is -1.57. The van der Waals surface area contributed by atoms with Gasteiger partial charge in [0.15, 0.2) is 0 Å². The number of primary amides is 1. The molecule has 1 aromatic rings. The zero-order chi connectivity index (χ0) is 26.5. The number of aliphatic hydroxyl groups is 1. The monoisotopic (exact) mass is 498 g/mol. The summed E-state index contributed by atoms with van der Waals surface area (Å²) in [4.78, 5) is 67.4. The second-order valence-corrected chi connectivity index (χ2v) is 8.03. The van der Waals surface area contributed by atoms with Gasteiger partial charge in [-0.2, -0.15) is 0 Å². The van der Waals surface area contributed by atoms with Crippen molar-refractivity contribution in [1.29, 1.82) is 0 Å². The fourth-order valence-electron chi connectivity index (χ4n) is 3.07. The van der Waals surface area contributed by atoms with Crippen LogP contribution < -0.4 is 33.2 Å². The molecule has 5 unspecified atom stereocenters. The number of unbranched alkanes of at least 4 members (excludes halogenated alkanes) is 1. The summed E-state index contributed by atoms with van der Waals surface area (Å²) in [5.41, 5.74) is 16.8. The number of carbonyl (C=O) groups is 5. The molecule has 1 aromatic heterocycles. The summed E-state index contributed by atoms with van der Waals surface area (Å²) in [7, 11) is 0. The molecule has 0 aromatic carbocycles. The van der Waals surface area contributed by atoms with Crippen molar-refractivity contribution < 1.29 is 34.2 Å². The van der Waals surface area contributed by atoms with Gasteiger partial charge in [-0.3, -0.25) is 19.2 Å². The minimum Gasteiger partial charge on any atom is -0.480 e. The summed E-state index contributed by atoms with van der Waals surface area (Å²) in [6, 6.07) is -5.44. The second kappa shape index (κ2) is 14.6. The number of carboxylic acid groups (broad SMARTS) is 1. The number of aliphatic carboxylic acids is 1. The van der Waals surface area contributed by atoms with Crippen molar-refractivity contribution in [3.05, 3.63) is 18.2 Å². The molecule has 0 fully saturated rings. The van der Waals surface area contributed by atoms with Crippen molar-refractivity contribution in [3.8, 4) is 0 Å². The summed E-state index contributed by atoms with van der Waals surface area (Å²) >= 11 is 0. The van der Waals surface area contributed by atoms with Gasteiger partial charge in [0.25, 0.3) is 0 Å². The van der Waals surface area contributed by atoms with E-state index < -0.39 is 66.3 Å². The summed E-state index contributed by atoms with van der Waals surface area (Å²) < 4.78 is 0. The second-order valence-electron chi connectivity index (χ2n) is 8.03. The molecule has 0 aliphatic rings. The van der Waals surface area contributed by atoms with E-state index in [0.29, 0.717) is 31.5 Å². The van der Waals surface area contributed by atoms with E-state index in [1.807, 2.05) is 0 Å².